The molecule has 2 rings (SSSR count). The summed E-state index contributed by atoms with van der Waals surface area (Å²) < 4.78 is 21.5. The van der Waals surface area contributed by atoms with Gasteiger partial charge in [-0.15, -0.1) is 10.8 Å². The average molecular weight is 200 g/mol. The van der Waals surface area contributed by atoms with Crippen LogP contribution in [-0.2, 0) is 6.42 Å². The molecule has 5 N–H and O–H groups in total. The SMILES string of the molecule is Nc1ccc2c(c1)NS(O)(O)CC2. The van der Waals surface area contributed by atoms with E-state index in [9.17, 15) is 9.11 Å². The monoisotopic (exact) mass is 200 g/mol. The standard InChI is InChI=1S/C8H12N2O2S/c9-7-2-1-6-3-4-13(11,12)10-8(6)5-7/h1-2,5,10-12H,3-4,9H2. The Labute approximate surface area is 78.2 Å². The smallest absolute Gasteiger partial charge is 0.0617 e. The van der Waals surface area contributed by atoms with Gasteiger partial charge in [0.15, 0.2) is 0 Å². The molecule has 4 nitrogen and oxygen atoms in total. The molecule has 0 saturated heterocycles. The van der Waals surface area contributed by atoms with E-state index in [1.54, 1.807) is 6.07 Å². The van der Waals surface area contributed by atoms with Crippen molar-refractivity contribution in [2.75, 3.05) is 16.2 Å². The van der Waals surface area contributed by atoms with Crippen LogP contribution in [0.2, 0.25) is 0 Å². The number of benzene rings is 1. The maximum absolute atomic E-state index is 9.40. The lowest BCUT2D eigenvalue weighted by atomic mass is 10.1. The number of rotatable bonds is 0. The van der Waals surface area contributed by atoms with Crippen molar-refractivity contribution < 1.29 is 9.11 Å². The summed E-state index contributed by atoms with van der Waals surface area (Å²) in [6.07, 6.45) is 0.685. The molecule has 0 amide bonds. The van der Waals surface area contributed by atoms with Gasteiger partial charge in [-0.2, -0.15) is 0 Å². The van der Waals surface area contributed by atoms with Gasteiger partial charge in [0, 0.05) is 5.69 Å². The van der Waals surface area contributed by atoms with Crippen molar-refractivity contribution in [2.45, 2.75) is 6.42 Å². The Kier molecular flexibility index (Phi) is 1.87. The van der Waals surface area contributed by atoms with Gasteiger partial charge in [-0.3, -0.25) is 13.8 Å². The summed E-state index contributed by atoms with van der Waals surface area (Å²) in [6, 6.07) is 5.45. The van der Waals surface area contributed by atoms with Gasteiger partial charge < -0.3 is 5.73 Å². The largest absolute Gasteiger partial charge is 0.399 e. The molecule has 0 radical (unpaired) electrons. The first-order valence-corrected chi connectivity index (χ1v) is 5.70. The van der Waals surface area contributed by atoms with Crippen LogP contribution in [0.25, 0.3) is 0 Å². The van der Waals surface area contributed by atoms with Crippen LogP contribution in [0.15, 0.2) is 18.2 Å². The van der Waals surface area contributed by atoms with Crippen molar-refractivity contribution in [3.8, 4) is 0 Å². The van der Waals surface area contributed by atoms with E-state index >= 15 is 0 Å². The lowest BCUT2D eigenvalue weighted by molar-refractivity contribution is 0.492. The first-order valence-electron chi connectivity index (χ1n) is 3.99. The lowest BCUT2D eigenvalue weighted by Gasteiger charge is -2.38. The Bertz CT molecular complexity index is 341. The number of nitrogens with one attached hydrogen (secondary N) is 1. The van der Waals surface area contributed by atoms with Crippen molar-refractivity contribution in [1.82, 2.24) is 0 Å². The fraction of sp³-hybridized carbons (Fsp3) is 0.250. The fourth-order valence-electron chi connectivity index (χ4n) is 1.39. The summed E-state index contributed by atoms with van der Waals surface area (Å²) >= 11 is 0. The second-order valence-electron chi connectivity index (χ2n) is 3.14. The number of fused-ring (bicyclic) bond motifs is 1. The highest BCUT2D eigenvalue weighted by Gasteiger charge is 2.20. The number of nitrogen functional groups attached to an aromatic ring is 1. The summed E-state index contributed by atoms with van der Waals surface area (Å²) in [5, 5.41) is 0. The molecule has 1 aromatic carbocycles. The minimum absolute atomic E-state index is 0.379. The fourth-order valence-corrected chi connectivity index (χ4v) is 2.54. The molecule has 0 aliphatic carbocycles. The minimum atomic E-state index is -2.62. The molecular weight excluding hydrogens is 188 g/mol. The molecule has 1 aliphatic rings. The summed E-state index contributed by atoms with van der Waals surface area (Å²) in [4.78, 5) is 0. The maximum Gasteiger partial charge on any atom is 0.0617 e. The van der Waals surface area contributed by atoms with Crippen molar-refractivity contribution in [3.05, 3.63) is 23.8 Å². The molecular formula is C8H12N2O2S. The number of anilines is 2. The van der Waals surface area contributed by atoms with Crippen LogP contribution >= 0.6 is 10.8 Å². The van der Waals surface area contributed by atoms with Crippen LogP contribution < -0.4 is 10.5 Å². The zero-order chi connectivity index (χ0) is 9.47. The van der Waals surface area contributed by atoms with Gasteiger partial charge in [0.25, 0.3) is 0 Å². The molecule has 0 fully saturated rings. The number of hydrogen-bond donors (Lipinski definition) is 4. The Balaban J connectivity index is 2.38. The van der Waals surface area contributed by atoms with Crippen LogP contribution in [-0.4, -0.2) is 14.9 Å². The van der Waals surface area contributed by atoms with E-state index in [2.05, 4.69) is 4.72 Å². The Morgan fingerprint density at radius 3 is 2.92 bits per heavy atom. The molecule has 0 atom stereocenters. The van der Waals surface area contributed by atoms with E-state index in [-0.39, 0.29) is 0 Å². The third-order valence-corrected chi connectivity index (χ3v) is 3.38. The Morgan fingerprint density at radius 1 is 1.38 bits per heavy atom. The van der Waals surface area contributed by atoms with Gasteiger partial charge in [0.05, 0.1) is 11.4 Å². The van der Waals surface area contributed by atoms with E-state index in [0.29, 0.717) is 17.9 Å². The van der Waals surface area contributed by atoms with Gasteiger partial charge in [-0.25, -0.2) is 0 Å². The van der Waals surface area contributed by atoms with Crippen molar-refractivity contribution in [1.29, 1.82) is 0 Å². The zero-order valence-corrected chi connectivity index (χ0v) is 7.84. The van der Waals surface area contributed by atoms with Gasteiger partial charge in [0.2, 0.25) is 0 Å². The first kappa shape index (κ1) is 8.68. The number of aryl methyl sites for hydroxylation is 1. The third kappa shape index (κ3) is 1.72. The first-order chi connectivity index (χ1) is 6.07. The second-order valence-corrected chi connectivity index (χ2v) is 5.09. The van der Waals surface area contributed by atoms with E-state index in [4.69, 9.17) is 5.73 Å². The second kappa shape index (κ2) is 2.80. The molecule has 1 heterocycles. The lowest BCUT2D eigenvalue weighted by Crippen LogP contribution is -2.20. The molecule has 72 valence electrons. The number of hydrogen-bond acceptors (Lipinski definition) is 4. The highest BCUT2D eigenvalue weighted by atomic mass is 32.3. The van der Waals surface area contributed by atoms with Crippen LogP contribution in [0.5, 0.6) is 0 Å². The van der Waals surface area contributed by atoms with Crippen LogP contribution in [0.4, 0.5) is 11.4 Å². The van der Waals surface area contributed by atoms with Gasteiger partial charge in [-0.1, -0.05) is 6.07 Å². The van der Waals surface area contributed by atoms with Crippen molar-refractivity contribution in [3.63, 3.8) is 0 Å². The van der Waals surface area contributed by atoms with Gasteiger partial charge in [-0.05, 0) is 24.1 Å². The molecule has 0 bridgehead atoms. The summed E-state index contributed by atoms with van der Waals surface area (Å²) in [5.41, 5.74) is 8.03. The normalized spacial score (nSPS) is 21.4. The number of nitrogens with two attached hydrogens (primary N) is 1. The highest BCUT2D eigenvalue weighted by Crippen LogP contribution is 2.44. The molecule has 0 spiro atoms. The van der Waals surface area contributed by atoms with Crippen LogP contribution in [0.1, 0.15) is 5.56 Å². The summed E-state index contributed by atoms with van der Waals surface area (Å²) in [7, 11) is -2.62. The molecule has 5 heteroatoms. The van der Waals surface area contributed by atoms with Gasteiger partial charge >= 0.3 is 0 Å². The third-order valence-electron chi connectivity index (χ3n) is 2.06. The highest BCUT2D eigenvalue weighted by molar-refractivity contribution is 8.25. The Morgan fingerprint density at radius 2 is 2.15 bits per heavy atom. The van der Waals surface area contributed by atoms with E-state index in [1.807, 2.05) is 12.1 Å². The predicted molar refractivity (Wildman–Crippen MR) is 55.9 cm³/mol. The van der Waals surface area contributed by atoms with Crippen LogP contribution in [0.3, 0.4) is 0 Å². The Hall–Kier alpha value is -0.910. The maximum atomic E-state index is 9.40. The van der Waals surface area contributed by atoms with E-state index in [0.717, 1.165) is 11.3 Å². The van der Waals surface area contributed by atoms with Crippen LogP contribution in [0, 0.1) is 0 Å². The molecule has 0 saturated carbocycles. The molecule has 0 aromatic heterocycles. The minimum Gasteiger partial charge on any atom is -0.399 e. The average Bonchev–Trinajstić information content (AvgIpc) is 2.01. The van der Waals surface area contributed by atoms with E-state index < -0.39 is 10.8 Å². The van der Waals surface area contributed by atoms with E-state index in [1.165, 1.54) is 0 Å². The predicted octanol–water partition coefficient (Wildman–Crippen LogP) is 1.90. The summed E-state index contributed by atoms with van der Waals surface area (Å²) in [6.45, 7) is 0. The molecule has 1 aromatic rings. The topological polar surface area (TPSA) is 78.5 Å². The molecule has 1 aliphatic heterocycles. The molecule has 0 unspecified atom stereocenters. The summed E-state index contributed by atoms with van der Waals surface area (Å²) in [5.74, 6) is 0.379. The van der Waals surface area contributed by atoms with Crippen molar-refractivity contribution in [2.24, 2.45) is 0 Å². The van der Waals surface area contributed by atoms with Crippen molar-refractivity contribution >= 4 is 22.2 Å². The zero-order valence-electron chi connectivity index (χ0n) is 7.03. The molecule has 13 heavy (non-hydrogen) atoms. The quantitative estimate of drug-likeness (QED) is 0.482. The van der Waals surface area contributed by atoms with Gasteiger partial charge in [0.1, 0.15) is 0 Å².